The number of halogens is 1. The summed E-state index contributed by atoms with van der Waals surface area (Å²) in [5, 5.41) is 8.73. The first-order valence-electron chi connectivity index (χ1n) is 7.59. The second-order valence-electron chi connectivity index (χ2n) is 5.85. The van der Waals surface area contributed by atoms with Gasteiger partial charge in [-0.15, -0.1) is 0 Å². The Hall–Kier alpha value is -1.39. The van der Waals surface area contributed by atoms with Crippen LogP contribution in [0.15, 0.2) is 24.4 Å². The number of anilines is 1. The van der Waals surface area contributed by atoms with E-state index in [4.69, 9.17) is 11.6 Å². The van der Waals surface area contributed by atoms with Crippen LogP contribution in [0.3, 0.4) is 0 Å². The van der Waals surface area contributed by atoms with E-state index < -0.39 is 0 Å². The van der Waals surface area contributed by atoms with Crippen molar-refractivity contribution < 1.29 is 0 Å². The molecule has 0 saturated carbocycles. The van der Waals surface area contributed by atoms with Gasteiger partial charge < -0.3 is 10.6 Å². The zero-order valence-electron chi connectivity index (χ0n) is 12.4. The van der Waals surface area contributed by atoms with Crippen LogP contribution in [0.4, 0.5) is 5.82 Å². The van der Waals surface area contributed by atoms with Crippen LogP contribution in [0.25, 0.3) is 10.9 Å². The number of aromatic nitrogens is 2. The SMILES string of the molecule is CCC1CC(Nc2nc(Cl)cc3ncccc23)C[C@@H](C)N1. The summed E-state index contributed by atoms with van der Waals surface area (Å²) in [7, 11) is 0. The summed E-state index contributed by atoms with van der Waals surface area (Å²) < 4.78 is 0. The molecule has 2 unspecified atom stereocenters. The fourth-order valence-electron chi connectivity index (χ4n) is 3.16. The lowest BCUT2D eigenvalue weighted by Gasteiger charge is -2.35. The molecule has 0 radical (unpaired) electrons. The van der Waals surface area contributed by atoms with E-state index in [1.54, 1.807) is 6.20 Å². The normalized spacial score (nSPS) is 26.0. The summed E-state index contributed by atoms with van der Waals surface area (Å²) in [5.41, 5.74) is 0.883. The Morgan fingerprint density at radius 3 is 3.10 bits per heavy atom. The van der Waals surface area contributed by atoms with Crippen molar-refractivity contribution >= 4 is 28.3 Å². The molecule has 1 aliphatic heterocycles. The highest BCUT2D eigenvalue weighted by molar-refractivity contribution is 6.30. The molecule has 1 saturated heterocycles. The van der Waals surface area contributed by atoms with Crippen molar-refractivity contribution in [1.29, 1.82) is 0 Å². The van der Waals surface area contributed by atoms with Gasteiger partial charge in [0.05, 0.1) is 5.52 Å². The highest BCUT2D eigenvalue weighted by Gasteiger charge is 2.25. The van der Waals surface area contributed by atoms with Crippen molar-refractivity contribution in [3.63, 3.8) is 0 Å². The van der Waals surface area contributed by atoms with Gasteiger partial charge in [-0.3, -0.25) is 4.98 Å². The molecule has 0 aromatic carbocycles. The summed E-state index contributed by atoms with van der Waals surface area (Å²) in [6, 6.07) is 7.28. The van der Waals surface area contributed by atoms with Crippen LogP contribution in [-0.2, 0) is 0 Å². The summed E-state index contributed by atoms with van der Waals surface area (Å²) in [4.78, 5) is 8.83. The Labute approximate surface area is 130 Å². The maximum atomic E-state index is 6.12. The van der Waals surface area contributed by atoms with Crippen LogP contribution in [0.2, 0.25) is 5.15 Å². The predicted molar refractivity (Wildman–Crippen MR) is 87.9 cm³/mol. The molecule has 1 fully saturated rings. The van der Waals surface area contributed by atoms with Crippen LogP contribution < -0.4 is 10.6 Å². The number of hydrogen-bond donors (Lipinski definition) is 2. The lowest BCUT2D eigenvalue weighted by molar-refractivity contribution is 0.308. The number of hydrogen-bond acceptors (Lipinski definition) is 4. The van der Waals surface area contributed by atoms with Crippen molar-refractivity contribution in [2.24, 2.45) is 0 Å². The molecule has 2 aromatic heterocycles. The van der Waals surface area contributed by atoms with Crippen LogP contribution in [0, 0.1) is 0 Å². The average molecular weight is 305 g/mol. The Balaban J connectivity index is 1.87. The van der Waals surface area contributed by atoms with E-state index in [-0.39, 0.29) is 0 Å². The molecule has 112 valence electrons. The number of rotatable bonds is 3. The summed E-state index contributed by atoms with van der Waals surface area (Å²) in [6.07, 6.45) is 5.12. The highest BCUT2D eigenvalue weighted by atomic mass is 35.5. The molecule has 5 heteroatoms. The van der Waals surface area contributed by atoms with Crippen molar-refractivity contribution in [1.82, 2.24) is 15.3 Å². The zero-order valence-corrected chi connectivity index (χ0v) is 13.2. The fraction of sp³-hybridized carbons (Fsp3) is 0.500. The summed E-state index contributed by atoms with van der Waals surface area (Å²) >= 11 is 6.12. The summed E-state index contributed by atoms with van der Waals surface area (Å²) in [5.74, 6) is 0.847. The van der Waals surface area contributed by atoms with E-state index in [0.717, 1.165) is 36.0 Å². The third-order valence-corrected chi connectivity index (χ3v) is 4.32. The van der Waals surface area contributed by atoms with Crippen LogP contribution in [0.5, 0.6) is 0 Å². The van der Waals surface area contributed by atoms with Gasteiger partial charge in [-0.05, 0) is 38.3 Å². The molecule has 2 aromatic rings. The second kappa shape index (κ2) is 6.16. The maximum Gasteiger partial charge on any atom is 0.137 e. The maximum absolute atomic E-state index is 6.12. The molecular formula is C16H21ClN4. The Bertz CT molecular complexity index is 631. The van der Waals surface area contributed by atoms with Gasteiger partial charge >= 0.3 is 0 Å². The molecule has 4 nitrogen and oxygen atoms in total. The van der Waals surface area contributed by atoms with Crippen LogP contribution >= 0.6 is 11.6 Å². The van der Waals surface area contributed by atoms with Gasteiger partial charge in [-0.2, -0.15) is 0 Å². The fourth-order valence-corrected chi connectivity index (χ4v) is 3.34. The monoisotopic (exact) mass is 304 g/mol. The largest absolute Gasteiger partial charge is 0.367 e. The predicted octanol–water partition coefficient (Wildman–Crippen LogP) is 3.61. The molecule has 3 heterocycles. The van der Waals surface area contributed by atoms with Gasteiger partial charge in [0.1, 0.15) is 11.0 Å². The second-order valence-corrected chi connectivity index (χ2v) is 6.24. The number of piperidine rings is 1. The van der Waals surface area contributed by atoms with Crippen LogP contribution in [-0.4, -0.2) is 28.1 Å². The van der Waals surface area contributed by atoms with E-state index in [1.807, 2.05) is 18.2 Å². The van der Waals surface area contributed by atoms with Gasteiger partial charge in [0.25, 0.3) is 0 Å². The van der Waals surface area contributed by atoms with Gasteiger partial charge in [0, 0.05) is 35.8 Å². The molecule has 3 rings (SSSR count). The topological polar surface area (TPSA) is 49.8 Å². The first kappa shape index (κ1) is 14.5. The Morgan fingerprint density at radius 2 is 2.29 bits per heavy atom. The van der Waals surface area contributed by atoms with Gasteiger partial charge in [-0.1, -0.05) is 18.5 Å². The molecule has 0 bridgehead atoms. The zero-order chi connectivity index (χ0) is 14.8. The minimum atomic E-state index is 0.417. The highest BCUT2D eigenvalue weighted by Crippen LogP contribution is 2.26. The smallest absolute Gasteiger partial charge is 0.137 e. The number of fused-ring (bicyclic) bond motifs is 1. The van der Waals surface area contributed by atoms with E-state index in [2.05, 4.69) is 34.4 Å². The first-order valence-corrected chi connectivity index (χ1v) is 7.97. The Kier molecular flexibility index (Phi) is 4.27. The number of pyridine rings is 2. The Morgan fingerprint density at radius 1 is 1.43 bits per heavy atom. The number of nitrogens with one attached hydrogen (secondary N) is 2. The minimum Gasteiger partial charge on any atom is -0.367 e. The van der Waals surface area contributed by atoms with Gasteiger partial charge in [0.15, 0.2) is 0 Å². The van der Waals surface area contributed by atoms with Crippen molar-refractivity contribution in [2.75, 3.05) is 5.32 Å². The molecule has 21 heavy (non-hydrogen) atoms. The van der Waals surface area contributed by atoms with E-state index in [9.17, 15) is 0 Å². The standard InChI is InChI=1S/C16H21ClN4/c1-3-11-8-12(7-10(2)19-11)20-16-13-5-4-6-18-14(13)9-15(17)21-16/h4-6,9-12,19H,3,7-8H2,1-2H3,(H,20,21)/t10-,11?,12?/m1/s1. The minimum absolute atomic E-state index is 0.417. The molecule has 0 aliphatic carbocycles. The molecule has 0 spiro atoms. The van der Waals surface area contributed by atoms with Gasteiger partial charge in [0.2, 0.25) is 0 Å². The van der Waals surface area contributed by atoms with E-state index >= 15 is 0 Å². The van der Waals surface area contributed by atoms with E-state index in [1.165, 1.54) is 0 Å². The van der Waals surface area contributed by atoms with Crippen LogP contribution in [0.1, 0.15) is 33.1 Å². The lowest BCUT2D eigenvalue weighted by Crippen LogP contribution is -2.48. The third-order valence-electron chi connectivity index (χ3n) is 4.13. The van der Waals surface area contributed by atoms with Crippen molar-refractivity contribution in [3.8, 4) is 0 Å². The molecule has 2 N–H and O–H groups in total. The van der Waals surface area contributed by atoms with Crippen molar-refractivity contribution in [3.05, 3.63) is 29.5 Å². The van der Waals surface area contributed by atoms with Gasteiger partial charge in [-0.25, -0.2) is 4.98 Å². The average Bonchev–Trinajstić information content (AvgIpc) is 2.46. The molecular weight excluding hydrogens is 284 g/mol. The third kappa shape index (κ3) is 3.27. The molecule has 1 aliphatic rings. The van der Waals surface area contributed by atoms with Crippen molar-refractivity contribution in [2.45, 2.75) is 51.2 Å². The lowest BCUT2D eigenvalue weighted by atomic mass is 9.93. The molecule has 0 amide bonds. The quantitative estimate of drug-likeness (QED) is 0.851. The summed E-state index contributed by atoms with van der Waals surface area (Å²) in [6.45, 7) is 4.46. The first-order chi connectivity index (χ1) is 10.2. The molecule has 3 atom stereocenters. The number of nitrogens with zero attached hydrogens (tertiary/aromatic N) is 2. The van der Waals surface area contributed by atoms with E-state index in [0.29, 0.717) is 23.3 Å².